The van der Waals surface area contributed by atoms with Crippen LogP contribution in [0.25, 0.3) is 0 Å². The molecule has 0 aliphatic heterocycles. The van der Waals surface area contributed by atoms with Crippen LogP contribution in [0.4, 0.5) is 0 Å². The molecule has 0 aliphatic rings. The predicted molar refractivity (Wildman–Crippen MR) is 68.0 cm³/mol. The van der Waals surface area contributed by atoms with E-state index in [1.165, 1.54) is 5.56 Å². The molecule has 3 nitrogen and oxygen atoms in total. The summed E-state index contributed by atoms with van der Waals surface area (Å²) in [4.78, 5) is 6.47. The molecule has 0 aliphatic carbocycles. The molecule has 1 atom stereocenters. The lowest BCUT2D eigenvalue weighted by molar-refractivity contribution is 0.159. The van der Waals surface area contributed by atoms with Crippen molar-refractivity contribution in [3.63, 3.8) is 0 Å². The van der Waals surface area contributed by atoms with Crippen LogP contribution in [0.2, 0.25) is 0 Å². The highest BCUT2D eigenvalue weighted by Gasteiger charge is 2.18. The van der Waals surface area contributed by atoms with Gasteiger partial charge in [-0.15, -0.1) is 0 Å². The lowest BCUT2D eigenvalue weighted by Crippen LogP contribution is -2.43. The average Bonchev–Trinajstić information content (AvgIpc) is 2.29. The van der Waals surface area contributed by atoms with Crippen LogP contribution >= 0.6 is 0 Å². The first-order valence-corrected chi connectivity index (χ1v) is 6.02. The number of nitrogens with zero attached hydrogens (tertiary/aromatic N) is 2. The van der Waals surface area contributed by atoms with Crippen molar-refractivity contribution in [1.29, 1.82) is 0 Å². The van der Waals surface area contributed by atoms with E-state index in [4.69, 9.17) is 5.73 Å². The number of aromatic nitrogens is 1. The van der Waals surface area contributed by atoms with Gasteiger partial charge in [0.15, 0.2) is 0 Å². The third kappa shape index (κ3) is 3.58. The number of rotatable bonds is 6. The first kappa shape index (κ1) is 13.1. The zero-order valence-corrected chi connectivity index (χ0v) is 10.6. The Morgan fingerprint density at radius 2 is 1.94 bits per heavy atom. The van der Waals surface area contributed by atoms with Crippen LogP contribution < -0.4 is 5.73 Å². The van der Waals surface area contributed by atoms with Crippen molar-refractivity contribution in [3.8, 4) is 0 Å². The maximum absolute atomic E-state index is 5.85. The van der Waals surface area contributed by atoms with E-state index in [0.29, 0.717) is 12.0 Å². The van der Waals surface area contributed by atoms with Crippen LogP contribution in [-0.4, -0.2) is 29.0 Å². The summed E-state index contributed by atoms with van der Waals surface area (Å²) in [6, 6.07) is 4.59. The molecule has 0 spiro atoms. The molecule has 3 heteroatoms. The molecule has 0 saturated heterocycles. The van der Waals surface area contributed by atoms with Gasteiger partial charge in [0, 0.05) is 31.5 Å². The molecule has 0 bridgehead atoms. The standard InChI is InChI=1S/C13H23N3/c1-4-16(13(9-14)11(2)3)10-12-5-7-15-8-6-12/h5-8,11,13H,4,9-10,14H2,1-3H3. The minimum Gasteiger partial charge on any atom is -0.329 e. The average molecular weight is 221 g/mol. The minimum atomic E-state index is 0.457. The van der Waals surface area contributed by atoms with Gasteiger partial charge in [0.05, 0.1) is 0 Å². The van der Waals surface area contributed by atoms with E-state index in [2.05, 4.69) is 42.8 Å². The largest absolute Gasteiger partial charge is 0.329 e. The van der Waals surface area contributed by atoms with E-state index in [-0.39, 0.29) is 0 Å². The van der Waals surface area contributed by atoms with Crippen LogP contribution in [0.15, 0.2) is 24.5 Å². The molecule has 1 heterocycles. The highest BCUT2D eigenvalue weighted by molar-refractivity contribution is 5.09. The maximum atomic E-state index is 5.85. The Balaban J connectivity index is 2.68. The summed E-state index contributed by atoms with van der Waals surface area (Å²) in [5.74, 6) is 0.590. The third-order valence-corrected chi connectivity index (χ3v) is 3.02. The van der Waals surface area contributed by atoms with Gasteiger partial charge in [0.25, 0.3) is 0 Å². The number of nitrogens with two attached hydrogens (primary N) is 1. The van der Waals surface area contributed by atoms with Crippen molar-refractivity contribution in [3.05, 3.63) is 30.1 Å². The fourth-order valence-electron chi connectivity index (χ4n) is 2.03. The molecule has 0 amide bonds. The molecule has 2 N–H and O–H groups in total. The zero-order chi connectivity index (χ0) is 12.0. The molecule has 0 saturated carbocycles. The number of hydrogen-bond donors (Lipinski definition) is 1. The summed E-state index contributed by atoms with van der Waals surface area (Å²) in [7, 11) is 0. The summed E-state index contributed by atoms with van der Waals surface area (Å²) in [5.41, 5.74) is 7.15. The predicted octanol–water partition coefficient (Wildman–Crippen LogP) is 1.89. The zero-order valence-electron chi connectivity index (χ0n) is 10.6. The van der Waals surface area contributed by atoms with Gasteiger partial charge in [0.2, 0.25) is 0 Å². The summed E-state index contributed by atoms with van der Waals surface area (Å²) in [5, 5.41) is 0. The molecule has 90 valence electrons. The van der Waals surface area contributed by atoms with E-state index in [9.17, 15) is 0 Å². The molecule has 1 rings (SSSR count). The molecule has 0 fully saturated rings. The van der Waals surface area contributed by atoms with Gasteiger partial charge >= 0.3 is 0 Å². The molecule has 1 aromatic heterocycles. The van der Waals surface area contributed by atoms with Gasteiger partial charge in [-0.2, -0.15) is 0 Å². The van der Waals surface area contributed by atoms with Crippen molar-refractivity contribution in [2.24, 2.45) is 11.7 Å². The van der Waals surface area contributed by atoms with Gasteiger partial charge in [-0.05, 0) is 30.2 Å². The van der Waals surface area contributed by atoms with E-state index >= 15 is 0 Å². The summed E-state index contributed by atoms with van der Waals surface area (Å²) < 4.78 is 0. The summed E-state index contributed by atoms with van der Waals surface area (Å²) in [6.07, 6.45) is 3.69. The number of pyridine rings is 1. The first-order valence-electron chi connectivity index (χ1n) is 6.02. The van der Waals surface area contributed by atoms with Crippen molar-refractivity contribution in [2.75, 3.05) is 13.1 Å². The Kier molecular flexibility index (Phi) is 5.43. The molecule has 16 heavy (non-hydrogen) atoms. The highest BCUT2D eigenvalue weighted by Crippen LogP contribution is 2.13. The van der Waals surface area contributed by atoms with Gasteiger partial charge in [-0.3, -0.25) is 9.88 Å². The van der Waals surface area contributed by atoms with Crippen LogP contribution in [0.1, 0.15) is 26.3 Å². The second-order valence-corrected chi connectivity index (χ2v) is 4.47. The third-order valence-electron chi connectivity index (χ3n) is 3.02. The summed E-state index contributed by atoms with van der Waals surface area (Å²) in [6.45, 7) is 9.35. The molecule has 0 aromatic carbocycles. The van der Waals surface area contributed by atoms with E-state index in [1.54, 1.807) is 0 Å². The van der Waals surface area contributed by atoms with Gasteiger partial charge in [0.1, 0.15) is 0 Å². The topological polar surface area (TPSA) is 42.2 Å². The van der Waals surface area contributed by atoms with Gasteiger partial charge in [-0.1, -0.05) is 20.8 Å². The van der Waals surface area contributed by atoms with Crippen LogP contribution in [0.5, 0.6) is 0 Å². The Labute approximate surface area is 98.7 Å². The van der Waals surface area contributed by atoms with Crippen LogP contribution in [0, 0.1) is 5.92 Å². The lowest BCUT2D eigenvalue weighted by Gasteiger charge is -2.32. The number of likely N-dealkylation sites (N-methyl/N-ethyl adjacent to an activating group) is 1. The molecule has 1 unspecified atom stereocenters. The molecule has 1 aromatic rings. The Hall–Kier alpha value is -0.930. The van der Waals surface area contributed by atoms with Crippen LogP contribution in [-0.2, 0) is 6.54 Å². The minimum absolute atomic E-state index is 0.457. The maximum Gasteiger partial charge on any atom is 0.0271 e. The lowest BCUT2D eigenvalue weighted by atomic mass is 10.0. The smallest absolute Gasteiger partial charge is 0.0271 e. The van der Waals surface area contributed by atoms with Gasteiger partial charge < -0.3 is 5.73 Å². The Morgan fingerprint density at radius 3 is 2.38 bits per heavy atom. The first-order chi connectivity index (χ1) is 7.69. The normalized spacial score (nSPS) is 13.4. The quantitative estimate of drug-likeness (QED) is 0.797. The Morgan fingerprint density at radius 1 is 1.31 bits per heavy atom. The van der Waals surface area contributed by atoms with E-state index in [1.807, 2.05) is 12.4 Å². The van der Waals surface area contributed by atoms with E-state index in [0.717, 1.165) is 19.6 Å². The number of hydrogen-bond acceptors (Lipinski definition) is 3. The SMILES string of the molecule is CCN(Cc1ccncc1)C(CN)C(C)C. The van der Waals surface area contributed by atoms with Gasteiger partial charge in [-0.25, -0.2) is 0 Å². The van der Waals surface area contributed by atoms with Crippen LogP contribution in [0.3, 0.4) is 0 Å². The van der Waals surface area contributed by atoms with Crippen molar-refractivity contribution in [1.82, 2.24) is 9.88 Å². The van der Waals surface area contributed by atoms with Crippen molar-refractivity contribution in [2.45, 2.75) is 33.4 Å². The second-order valence-electron chi connectivity index (χ2n) is 4.47. The second kappa shape index (κ2) is 6.61. The molecular formula is C13H23N3. The van der Waals surface area contributed by atoms with Crippen molar-refractivity contribution < 1.29 is 0 Å². The molecular weight excluding hydrogens is 198 g/mol. The monoisotopic (exact) mass is 221 g/mol. The van der Waals surface area contributed by atoms with Crippen molar-refractivity contribution >= 4 is 0 Å². The van der Waals surface area contributed by atoms with E-state index < -0.39 is 0 Å². The fraction of sp³-hybridized carbons (Fsp3) is 0.615. The highest BCUT2D eigenvalue weighted by atomic mass is 15.2. The molecule has 0 radical (unpaired) electrons. The fourth-order valence-corrected chi connectivity index (χ4v) is 2.03. The summed E-state index contributed by atoms with van der Waals surface area (Å²) >= 11 is 0. The Bertz CT molecular complexity index is 284.